The zero-order valence-corrected chi connectivity index (χ0v) is 9.93. The number of carbonyl (C=O) groups excluding carboxylic acids is 1. The van der Waals surface area contributed by atoms with Crippen molar-refractivity contribution in [3.8, 4) is 5.75 Å². The molecule has 0 saturated carbocycles. The van der Waals surface area contributed by atoms with Gasteiger partial charge < -0.3 is 14.9 Å². The van der Waals surface area contributed by atoms with Crippen LogP contribution in [0.2, 0.25) is 0 Å². The molecule has 0 unspecified atom stereocenters. The monoisotopic (exact) mass is 247 g/mol. The summed E-state index contributed by atoms with van der Waals surface area (Å²) < 4.78 is 10.5. The predicted molar refractivity (Wildman–Crippen MR) is 66.8 cm³/mol. The fourth-order valence-electron chi connectivity index (χ4n) is 1.57. The molecule has 0 spiro atoms. The number of rotatable bonds is 4. The van der Waals surface area contributed by atoms with E-state index in [4.69, 9.17) is 14.9 Å². The number of nitrogens with two attached hydrogens (primary N) is 1. The van der Waals surface area contributed by atoms with Gasteiger partial charge in [-0.05, 0) is 24.6 Å². The Balaban J connectivity index is 2.49. The molecular formula is C13H13NO4. The van der Waals surface area contributed by atoms with Crippen molar-refractivity contribution in [3.05, 3.63) is 40.2 Å². The van der Waals surface area contributed by atoms with Gasteiger partial charge in [-0.1, -0.05) is 6.92 Å². The molecule has 0 bridgehead atoms. The number of primary amides is 1. The Labute approximate surface area is 103 Å². The van der Waals surface area contributed by atoms with E-state index in [9.17, 15) is 9.59 Å². The molecule has 2 N–H and O–H groups in total. The Morgan fingerprint density at radius 2 is 2.17 bits per heavy atom. The minimum atomic E-state index is -0.794. The molecule has 1 aromatic carbocycles. The fraction of sp³-hybridized carbons (Fsp3) is 0.231. The number of hydrogen-bond acceptors (Lipinski definition) is 4. The Morgan fingerprint density at radius 1 is 1.39 bits per heavy atom. The maximum Gasteiger partial charge on any atom is 0.349 e. The molecule has 0 radical (unpaired) electrons. The quantitative estimate of drug-likeness (QED) is 0.833. The number of ether oxygens (including phenoxy) is 1. The fourth-order valence-corrected chi connectivity index (χ4v) is 1.57. The van der Waals surface area contributed by atoms with Gasteiger partial charge in [0.25, 0.3) is 5.91 Å². The molecule has 0 fully saturated rings. The first kappa shape index (κ1) is 12.2. The second-order valence-corrected chi connectivity index (χ2v) is 3.86. The van der Waals surface area contributed by atoms with Gasteiger partial charge in [0.2, 0.25) is 0 Å². The molecule has 2 aromatic rings. The molecule has 0 aliphatic carbocycles. The highest BCUT2D eigenvalue weighted by molar-refractivity contribution is 5.95. The lowest BCUT2D eigenvalue weighted by atomic mass is 10.2. The maximum absolute atomic E-state index is 11.5. The number of hydrogen-bond donors (Lipinski definition) is 1. The van der Waals surface area contributed by atoms with Crippen LogP contribution in [0.5, 0.6) is 5.75 Å². The summed E-state index contributed by atoms with van der Waals surface area (Å²) in [6.07, 6.45) is 0.891. The highest BCUT2D eigenvalue weighted by Crippen LogP contribution is 2.20. The van der Waals surface area contributed by atoms with Crippen molar-refractivity contribution in [2.75, 3.05) is 6.61 Å². The standard InChI is InChI=1S/C13H13NO4/c1-2-5-17-9-4-3-8-6-10(12(14)15)13(16)18-11(8)7-9/h3-4,6-7H,2,5H2,1H3,(H2,14,15). The van der Waals surface area contributed by atoms with Crippen molar-refractivity contribution < 1.29 is 13.9 Å². The molecule has 1 heterocycles. The van der Waals surface area contributed by atoms with Crippen LogP contribution in [0, 0.1) is 0 Å². The Morgan fingerprint density at radius 3 is 2.83 bits per heavy atom. The number of fused-ring (bicyclic) bond motifs is 1. The summed E-state index contributed by atoms with van der Waals surface area (Å²) in [6, 6.07) is 6.52. The van der Waals surface area contributed by atoms with E-state index in [1.165, 1.54) is 6.07 Å². The van der Waals surface area contributed by atoms with Gasteiger partial charge in [0, 0.05) is 11.5 Å². The van der Waals surface area contributed by atoms with Crippen LogP contribution in [0.4, 0.5) is 0 Å². The summed E-state index contributed by atoms with van der Waals surface area (Å²) in [7, 11) is 0. The van der Waals surface area contributed by atoms with Crippen LogP contribution in [-0.4, -0.2) is 12.5 Å². The Bertz CT molecular complexity index is 645. The first-order valence-electron chi connectivity index (χ1n) is 5.62. The van der Waals surface area contributed by atoms with E-state index in [1.54, 1.807) is 18.2 Å². The minimum absolute atomic E-state index is 0.148. The number of benzene rings is 1. The minimum Gasteiger partial charge on any atom is -0.493 e. The van der Waals surface area contributed by atoms with E-state index in [0.29, 0.717) is 23.3 Å². The van der Waals surface area contributed by atoms with E-state index in [1.807, 2.05) is 6.92 Å². The second kappa shape index (κ2) is 4.91. The third kappa shape index (κ3) is 2.34. The van der Waals surface area contributed by atoms with E-state index < -0.39 is 11.5 Å². The largest absolute Gasteiger partial charge is 0.493 e. The van der Waals surface area contributed by atoms with Crippen LogP contribution in [-0.2, 0) is 0 Å². The van der Waals surface area contributed by atoms with Crippen molar-refractivity contribution in [1.82, 2.24) is 0 Å². The van der Waals surface area contributed by atoms with Crippen LogP contribution in [0.15, 0.2) is 33.5 Å². The van der Waals surface area contributed by atoms with E-state index >= 15 is 0 Å². The number of amides is 1. The predicted octanol–water partition coefficient (Wildman–Crippen LogP) is 1.68. The molecule has 18 heavy (non-hydrogen) atoms. The van der Waals surface area contributed by atoms with Crippen molar-refractivity contribution in [1.29, 1.82) is 0 Å². The van der Waals surface area contributed by atoms with Gasteiger partial charge in [-0.3, -0.25) is 4.79 Å². The van der Waals surface area contributed by atoms with E-state index in [0.717, 1.165) is 6.42 Å². The zero-order valence-electron chi connectivity index (χ0n) is 9.93. The normalized spacial score (nSPS) is 10.5. The summed E-state index contributed by atoms with van der Waals surface area (Å²) in [6.45, 7) is 2.59. The third-order valence-electron chi connectivity index (χ3n) is 2.45. The molecule has 2 rings (SSSR count). The van der Waals surface area contributed by atoms with Crippen LogP contribution >= 0.6 is 0 Å². The molecule has 5 nitrogen and oxygen atoms in total. The van der Waals surface area contributed by atoms with Gasteiger partial charge in [-0.15, -0.1) is 0 Å². The Hall–Kier alpha value is -2.30. The summed E-state index contributed by atoms with van der Waals surface area (Å²) in [5, 5.41) is 0.632. The topological polar surface area (TPSA) is 82.5 Å². The van der Waals surface area contributed by atoms with Gasteiger partial charge >= 0.3 is 5.63 Å². The molecule has 94 valence electrons. The first-order valence-corrected chi connectivity index (χ1v) is 5.62. The van der Waals surface area contributed by atoms with Gasteiger partial charge in [-0.2, -0.15) is 0 Å². The van der Waals surface area contributed by atoms with Crippen molar-refractivity contribution in [2.45, 2.75) is 13.3 Å². The summed E-state index contributed by atoms with van der Waals surface area (Å²) in [4.78, 5) is 22.5. The molecule has 1 aromatic heterocycles. The zero-order chi connectivity index (χ0) is 13.1. The van der Waals surface area contributed by atoms with Gasteiger partial charge in [0.05, 0.1) is 6.61 Å². The second-order valence-electron chi connectivity index (χ2n) is 3.86. The lowest BCUT2D eigenvalue weighted by Crippen LogP contribution is -2.20. The van der Waals surface area contributed by atoms with Crippen LogP contribution in [0.3, 0.4) is 0 Å². The molecule has 0 atom stereocenters. The van der Waals surface area contributed by atoms with Crippen LogP contribution in [0.25, 0.3) is 11.0 Å². The first-order chi connectivity index (χ1) is 8.61. The Kier molecular flexibility index (Phi) is 3.32. The molecule has 5 heteroatoms. The van der Waals surface area contributed by atoms with Crippen LogP contribution < -0.4 is 16.1 Å². The molecule has 0 aliphatic rings. The van der Waals surface area contributed by atoms with Crippen molar-refractivity contribution >= 4 is 16.9 Å². The average Bonchev–Trinajstić information content (AvgIpc) is 2.34. The summed E-state index contributed by atoms with van der Waals surface area (Å²) in [5.41, 5.74) is 4.57. The molecule has 1 amide bonds. The highest BCUT2D eigenvalue weighted by Gasteiger charge is 2.10. The van der Waals surface area contributed by atoms with E-state index in [-0.39, 0.29) is 5.56 Å². The smallest absolute Gasteiger partial charge is 0.349 e. The average molecular weight is 247 g/mol. The van der Waals surface area contributed by atoms with Crippen LogP contribution in [0.1, 0.15) is 23.7 Å². The highest BCUT2D eigenvalue weighted by atomic mass is 16.5. The SMILES string of the molecule is CCCOc1ccc2cc(C(N)=O)c(=O)oc2c1. The van der Waals surface area contributed by atoms with Gasteiger partial charge in [0.15, 0.2) is 0 Å². The van der Waals surface area contributed by atoms with Crippen molar-refractivity contribution in [3.63, 3.8) is 0 Å². The lowest BCUT2D eigenvalue weighted by molar-refractivity contribution is 0.0997. The molecule has 0 aliphatic heterocycles. The van der Waals surface area contributed by atoms with Crippen molar-refractivity contribution in [2.24, 2.45) is 5.73 Å². The van der Waals surface area contributed by atoms with Gasteiger partial charge in [0.1, 0.15) is 16.9 Å². The maximum atomic E-state index is 11.5. The summed E-state index contributed by atoms with van der Waals surface area (Å²) >= 11 is 0. The summed E-state index contributed by atoms with van der Waals surface area (Å²) in [5.74, 6) is -0.170. The number of carbonyl (C=O) groups is 1. The van der Waals surface area contributed by atoms with Gasteiger partial charge in [-0.25, -0.2) is 4.79 Å². The van der Waals surface area contributed by atoms with E-state index in [2.05, 4.69) is 0 Å². The lowest BCUT2D eigenvalue weighted by Gasteiger charge is -2.05. The molecule has 0 saturated heterocycles. The molecular weight excluding hydrogens is 234 g/mol. The third-order valence-corrected chi connectivity index (χ3v) is 2.45.